The summed E-state index contributed by atoms with van der Waals surface area (Å²) in [6.45, 7) is 2.01. The van der Waals surface area contributed by atoms with Crippen molar-refractivity contribution in [2.75, 3.05) is 20.2 Å². The molecule has 1 aromatic rings. The average molecular weight is 392 g/mol. The highest BCUT2D eigenvalue weighted by Crippen LogP contribution is 2.22. The molecule has 0 aliphatic carbocycles. The molecule has 8 nitrogen and oxygen atoms in total. The molecule has 0 aliphatic rings. The molecular weight excluding hydrogens is 366 g/mol. The van der Waals surface area contributed by atoms with Gasteiger partial charge in [-0.05, 0) is 38.1 Å². The van der Waals surface area contributed by atoms with Gasteiger partial charge < -0.3 is 35.2 Å². The van der Waals surface area contributed by atoms with Crippen molar-refractivity contribution in [3.05, 3.63) is 29.3 Å². The van der Waals surface area contributed by atoms with Crippen molar-refractivity contribution in [3.63, 3.8) is 0 Å². The van der Waals surface area contributed by atoms with Crippen molar-refractivity contribution in [2.24, 2.45) is 0 Å². The summed E-state index contributed by atoms with van der Waals surface area (Å²) < 4.78 is 5.67. The van der Waals surface area contributed by atoms with Crippen LogP contribution in [0.3, 0.4) is 0 Å². The van der Waals surface area contributed by atoms with Crippen molar-refractivity contribution in [1.82, 2.24) is 4.90 Å². The SMILES string of the molecule is CN(C[C@H](O)[C@H](O)[C@H](O)[C@@H](O)CO)C(=O)C(C)(C)Oc1ccc(Cl)cc1. The highest BCUT2D eigenvalue weighted by molar-refractivity contribution is 6.30. The second kappa shape index (κ2) is 9.50. The van der Waals surface area contributed by atoms with Gasteiger partial charge in [0.1, 0.15) is 30.2 Å². The van der Waals surface area contributed by atoms with E-state index in [1.165, 1.54) is 7.05 Å². The Labute approximate surface area is 157 Å². The molecule has 0 saturated heterocycles. The number of likely N-dealkylation sites (N-methyl/N-ethyl adjacent to an activating group) is 1. The first kappa shape index (κ1) is 22.6. The zero-order chi connectivity index (χ0) is 20.1. The number of ether oxygens (including phenoxy) is 1. The molecule has 0 saturated carbocycles. The number of aliphatic hydroxyl groups is 5. The molecule has 0 spiro atoms. The lowest BCUT2D eigenvalue weighted by atomic mass is 10.0. The van der Waals surface area contributed by atoms with Gasteiger partial charge in [-0.2, -0.15) is 0 Å². The highest BCUT2D eigenvalue weighted by atomic mass is 35.5. The van der Waals surface area contributed by atoms with Gasteiger partial charge in [-0.25, -0.2) is 0 Å². The number of aliphatic hydroxyl groups excluding tert-OH is 5. The summed E-state index contributed by atoms with van der Waals surface area (Å²) in [6, 6.07) is 6.47. The molecule has 26 heavy (non-hydrogen) atoms. The van der Waals surface area contributed by atoms with Crippen LogP contribution >= 0.6 is 11.6 Å². The molecule has 0 aliphatic heterocycles. The van der Waals surface area contributed by atoms with Crippen molar-refractivity contribution in [1.29, 1.82) is 0 Å². The number of carbonyl (C=O) groups excluding carboxylic acids is 1. The van der Waals surface area contributed by atoms with E-state index in [-0.39, 0.29) is 6.54 Å². The molecule has 9 heteroatoms. The number of hydrogen-bond acceptors (Lipinski definition) is 7. The first-order valence-corrected chi connectivity index (χ1v) is 8.40. The van der Waals surface area contributed by atoms with E-state index in [1.807, 2.05) is 0 Å². The lowest BCUT2D eigenvalue weighted by molar-refractivity contribution is -0.149. The van der Waals surface area contributed by atoms with E-state index in [0.717, 1.165) is 4.90 Å². The third kappa shape index (κ3) is 6.08. The van der Waals surface area contributed by atoms with Gasteiger partial charge in [0, 0.05) is 18.6 Å². The smallest absolute Gasteiger partial charge is 0.266 e. The van der Waals surface area contributed by atoms with Crippen LogP contribution in [-0.2, 0) is 4.79 Å². The van der Waals surface area contributed by atoms with Crippen LogP contribution in [0.1, 0.15) is 13.8 Å². The Balaban J connectivity index is 2.71. The Kier molecular flexibility index (Phi) is 8.26. The lowest BCUT2D eigenvalue weighted by Gasteiger charge is -2.33. The maximum absolute atomic E-state index is 12.6. The minimum absolute atomic E-state index is 0.317. The van der Waals surface area contributed by atoms with Crippen molar-refractivity contribution < 1.29 is 35.1 Å². The number of nitrogens with zero attached hydrogens (tertiary/aromatic N) is 1. The largest absolute Gasteiger partial charge is 0.478 e. The van der Waals surface area contributed by atoms with Gasteiger partial charge in [0.25, 0.3) is 5.91 Å². The molecule has 1 rings (SSSR count). The number of carbonyl (C=O) groups is 1. The minimum atomic E-state index is -1.75. The van der Waals surface area contributed by atoms with Crippen LogP contribution in [0.5, 0.6) is 5.75 Å². The van der Waals surface area contributed by atoms with E-state index in [2.05, 4.69) is 0 Å². The molecule has 5 N–H and O–H groups in total. The third-order valence-corrected chi connectivity index (χ3v) is 4.09. The van der Waals surface area contributed by atoms with Crippen LogP contribution in [0.2, 0.25) is 5.02 Å². The first-order chi connectivity index (χ1) is 12.0. The van der Waals surface area contributed by atoms with Crippen LogP contribution in [0.25, 0.3) is 0 Å². The molecule has 1 aromatic carbocycles. The van der Waals surface area contributed by atoms with Gasteiger partial charge in [-0.15, -0.1) is 0 Å². The Hall–Kier alpha value is -1.42. The molecule has 0 fully saturated rings. The summed E-state index contributed by atoms with van der Waals surface area (Å²) in [5, 5.41) is 48.1. The van der Waals surface area contributed by atoms with Gasteiger partial charge >= 0.3 is 0 Å². The van der Waals surface area contributed by atoms with Crippen LogP contribution in [0.4, 0.5) is 0 Å². The molecule has 4 atom stereocenters. The predicted octanol–water partition coefficient (Wildman–Crippen LogP) is -0.608. The Morgan fingerprint density at radius 2 is 1.62 bits per heavy atom. The molecule has 1 amide bonds. The number of amides is 1. The molecule has 0 heterocycles. The van der Waals surface area contributed by atoms with Crippen molar-refractivity contribution >= 4 is 17.5 Å². The number of rotatable bonds is 9. The van der Waals surface area contributed by atoms with Crippen molar-refractivity contribution in [3.8, 4) is 5.75 Å². The summed E-state index contributed by atoms with van der Waals surface area (Å²) in [7, 11) is 1.40. The van der Waals surface area contributed by atoms with Gasteiger partial charge in [0.15, 0.2) is 5.60 Å². The summed E-state index contributed by atoms with van der Waals surface area (Å²) in [5.74, 6) is -0.0425. The van der Waals surface area contributed by atoms with Gasteiger partial charge in [-0.3, -0.25) is 4.79 Å². The fourth-order valence-electron chi connectivity index (χ4n) is 2.34. The monoisotopic (exact) mass is 391 g/mol. The molecule has 148 valence electrons. The van der Waals surface area contributed by atoms with Gasteiger partial charge in [0.2, 0.25) is 0 Å². The summed E-state index contributed by atoms with van der Waals surface area (Å²) >= 11 is 5.80. The van der Waals surface area contributed by atoms with Crippen LogP contribution < -0.4 is 4.74 Å². The predicted molar refractivity (Wildman–Crippen MR) is 94.9 cm³/mol. The Morgan fingerprint density at radius 3 is 2.12 bits per heavy atom. The zero-order valence-corrected chi connectivity index (χ0v) is 15.7. The third-order valence-electron chi connectivity index (χ3n) is 3.83. The minimum Gasteiger partial charge on any atom is -0.478 e. The second-order valence-electron chi connectivity index (χ2n) is 6.55. The van der Waals surface area contributed by atoms with E-state index < -0.39 is 42.5 Å². The van der Waals surface area contributed by atoms with E-state index in [4.69, 9.17) is 21.4 Å². The summed E-state index contributed by atoms with van der Waals surface area (Å²) in [5.41, 5.74) is -1.27. The molecule has 0 radical (unpaired) electrons. The van der Waals surface area contributed by atoms with Crippen LogP contribution in [-0.4, -0.2) is 86.6 Å². The molecule has 0 unspecified atom stereocenters. The Bertz CT molecular complexity index is 581. The van der Waals surface area contributed by atoms with Crippen LogP contribution in [0.15, 0.2) is 24.3 Å². The van der Waals surface area contributed by atoms with E-state index in [0.29, 0.717) is 10.8 Å². The van der Waals surface area contributed by atoms with E-state index in [9.17, 15) is 25.2 Å². The number of benzene rings is 1. The Morgan fingerprint density at radius 1 is 1.12 bits per heavy atom. The summed E-state index contributed by atoms with van der Waals surface area (Å²) in [6.07, 6.45) is -6.64. The fraction of sp³-hybridized carbons (Fsp3) is 0.588. The van der Waals surface area contributed by atoms with Gasteiger partial charge in [-0.1, -0.05) is 11.6 Å². The second-order valence-corrected chi connectivity index (χ2v) is 6.99. The van der Waals surface area contributed by atoms with E-state index in [1.54, 1.807) is 38.1 Å². The standard InChI is InChI=1S/C17H26ClNO7/c1-17(2,26-11-6-4-10(18)5-7-11)16(25)19(3)8-12(21)14(23)15(24)13(22)9-20/h4-7,12-15,20-24H,8-9H2,1-3H3/t12-,13-,14-,15+/m0/s1. The average Bonchev–Trinajstić information content (AvgIpc) is 2.60. The first-order valence-electron chi connectivity index (χ1n) is 8.03. The normalized spacial score (nSPS) is 16.5. The quantitative estimate of drug-likeness (QED) is 0.379. The number of halogens is 1. The molecule has 0 aromatic heterocycles. The van der Waals surface area contributed by atoms with E-state index >= 15 is 0 Å². The lowest BCUT2D eigenvalue weighted by Crippen LogP contribution is -2.53. The molecular formula is C17H26ClNO7. The van der Waals surface area contributed by atoms with Crippen molar-refractivity contribution in [2.45, 2.75) is 43.9 Å². The highest BCUT2D eigenvalue weighted by Gasteiger charge is 2.36. The van der Waals surface area contributed by atoms with Crippen LogP contribution in [0, 0.1) is 0 Å². The fourth-order valence-corrected chi connectivity index (χ4v) is 2.46. The maximum atomic E-state index is 12.6. The van der Waals surface area contributed by atoms with Gasteiger partial charge in [0.05, 0.1) is 6.61 Å². The maximum Gasteiger partial charge on any atom is 0.266 e. The summed E-state index contributed by atoms with van der Waals surface area (Å²) in [4.78, 5) is 13.7. The number of hydrogen-bond donors (Lipinski definition) is 5. The molecule has 0 bridgehead atoms. The zero-order valence-electron chi connectivity index (χ0n) is 14.9. The topological polar surface area (TPSA) is 131 Å².